The second-order valence-corrected chi connectivity index (χ2v) is 7.19. The summed E-state index contributed by atoms with van der Waals surface area (Å²) in [5.41, 5.74) is 0.589. The Labute approximate surface area is 155 Å². The number of urea groups is 1. The van der Waals surface area contributed by atoms with E-state index < -0.39 is 11.4 Å². The third-order valence-corrected chi connectivity index (χ3v) is 5.47. The number of carbonyl (C=O) groups excluding carboxylic acids is 2. The smallest absolute Gasteiger partial charge is 0.324 e. The van der Waals surface area contributed by atoms with E-state index >= 15 is 0 Å². The fourth-order valence-corrected chi connectivity index (χ4v) is 3.99. The van der Waals surface area contributed by atoms with Crippen LogP contribution in [0.3, 0.4) is 0 Å². The Balaban J connectivity index is 1.60. The number of hydrogen-bond acceptors (Lipinski definition) is 5. The largest absolute Gasteiger partial charge is 0.337 e. The molecule has 2 fully saturated rings. The molecule has 1 saturated carbocycles. The molecule has 142 valence electrons. The topological polar surface area (TPSA) is 88.3 Å². The van der Waals surface area contributed by atoms with Crippen LogP contribution in [-0.2, 0) is 16.8 Å². The van der Waals surface area contributed by atoms with Gasteiger partial charge in [-0.05, 0) is 30.5 Å². The monoisotopic (exact) mass is 372 g/mol. The predicted molar refractivity (Wildman–Crippen MR) is 93.1 cm³/mol. The van der Waals surface area contributed by atoms with Gasteiger partial charge in [-0.2, -0.15) is 4.98 Å². The van der Waals surface area contributed by atoms with Crippen molar-refractivity contribution in [2.24, 2.45) is 0 Å². The van der Waals surface area contributed by atoms with Crippen molar-refractivity contribution in [3.63, 3.8) is 0 Å². The average Bonchev–Trinajstić information content (AvgIpc) is 3.14. The van der Waals surface area contributed by atoms with Crippen LogP contribution in [0.2, 0.25) is 0 Å². The van der Waals surface area contributed by atoms with Crippen LogP contribution in [0.1, 0.15) is 55.8 Å². The second kappa shape index (κ2) is 7.09. The minimum atomic E-state index is -0.447. The molecule has 1 saturated heterocycles. The molecule has 0 atom stereocenters. The highest BCUT2D eigenvalue weighted by atomic mass is 19.1. The molecule has 3 amide bonds. The number of rotatable bonds is 4. The van der Waals surface area contributed by atoms with Gasteiger partial charge < -0.3 is 9.42 Å². The zero-order chi connectivity index (χ0) is 18.9. The van der Waals surface area contributed by atoms with Crippen LogP contribution < -0.4 is 5.32 Å². The molecule has 1 aromatic carbocycles. The van der Waals surface area contributed by atoms with Crippen molar-refractivity contribution in [1.82, 2.24) is 20.4 Å². The molecule has 0 radical (unpaired) electrons. The molecule has 4 rings (SSSR count). The second-order valence-electron chi connectivity index (χ2n) is 7.19. The Morgan fingerprint density at radius 1 is 1.15 bits per heavy atom. The number of imide groups is 1. The zero-order valence-electron chi connectivity index (χ0n) is 14.9. The lowest BCUT2D eigenvalue weighted by molar-refractivity contribution is -0.121. The fourth-order valence-electron chi connectivity index (χ4n) is 3.99. The number of benzene rings is 1. The molecule has 2 aliphatic rings. The number of nitrogens with zero attached hydrogens (tertiary/aromatic N) is 3. The van der Waals surface area contributed by atoms with Gasteiger partial charge in [0.05, 0.1) is 5.41 Å². The van der Waals surface area contributed by atoms with Crippen LogP contribution in [-0.4, -0.2) is 33.5 Å². The number of nitrogens with one attached hydrogen (secondary N) is 1. The van der Waals surface area contributed by atoms with E-state index in [1.165, 1.54) is 17.0 Å². The van der Waals surface area contributed by atoms with Crippen LogP contribution in [0.5, 0.6) is 0 Å². The Bertz CT molecular complexity index is 843. The lowest BCUT2D eigenvalue weighted by Crippen LogP contribution is -2.48. The van der Waals surface area contributed by atoms with E-state index in [9.17, 15) is 14.0 Å². The summed E-state index contributed by atoms with van der Waals surface area (Å²) < 4.78 is 18.8. The Morgan fingerprint density at radius 3 is 2.59 bits per heavy atom. The standard InChI is InChI=1S/C19H21FN4O3/c20-14-6-4-13(5-7-14)19(9-2-1-3-10-19)17-22-16(27-23-17)12-24-11-8-15(25)21-18(24)26/h4-7H,1-3,8-12H2,(H,21,25,26). The molecule has 7 nitrogen and oxygen atoms in total. The highest BCUT2D eigenvalue weighted by Crippen LogP contribution is 2.43. The quantitative estimate of drug-likeness (QED) is 0.891. The summed E-state index contributed by atoms with van der Waals surface area (Å²) in [6, 6.07) is 6.06. The van der Waals surface area contributed by atoms with Crippen molar-refractivity contribution in [3.05, 3.63) is 47.4 Å². The molecule has 1 aromatic heterocycles. The molecule has 0 spiro atoms. The summed E-state index contributed by atoms with van der Waals surface area (Å²) in [5.74, 6) is 0.364. The fraction of sp³-hybridized carbons (Fsp3) is 0.474. The average molecular weight is 372 g/mol. The summed E-state index contributed by atoms with van der Waals surface area (Å²) in [7, 11) is 0. The summed E-state index contributed by atoms with van der Waals surface area (Å²) in [5, 5.41) is 6.49. The molecule has 1 aliphatic heterocycles. The first-order chi connectivity index (χ1) is 13.1. The molecule has 0 unspecified atom stereocenters. The summed E-state index contributed by atoms with van der Waals surface area (Å²) in [6.45, 7) is 0.483. The highest BCUT2D eigenvalue weighted by Gasteiger charge is 2.40. The van der Waals surface area contributed by atoms with Gasteiger partial charge in [-0.3, -0.25) is 10.1 Å². The van der Waals surface area contributed by atoms with Crippen LogP contribution in [0.25, 0.3) is 0 Å². The summed E-state index contributed by atoms with van der Waals surface area (Å²) in [6.07, 6.45) is 5.23. The SMILES string of the molecule is O=C1CCN(Cc2nc(C3(c4ccc(F)cc4)CCCCC3)no2)C(=O)N1. The van der Waals surface area contributed by atoms with Crippen molar-refractivity contribution in [1.29, 1.82) is 0 Å². The first-order valence-corrected chi connectivity index (χ1v) is 9.25. The van der Waals surface area contributed by atoms with Crippen molar-refractivity contribution < 1.29 is 18.5 Å². The summed E-state index contributed by atoms with van der Waals surface area (Å²) >= 11 is 0. The van der Waals surface area contributed by atoms with Crippen molar-refractivity contribution >= 4 is 11.9 Å². The van der Waals surface area contributed by atoms with E-state index in [1.807, 2.05) is 0 Å². The minimum Gasteiger partial charge on any atom is -0.337 e. The van der Waals surface area contributed by atoms with Crippen LogP contribution in [0.4, 0.5) is 9.18 Å². The van der Waals surface area contributed by atoms with E-state index in [4.69, 9.17) is 4.52 Å². The minimum absolute atomic E-state index is 0.158. The van der Waals surface area contributed by atoms with E-state index in [0.717, 1.165) is 37.7 Å². The number of amides is 3. The molecular weight excluding hydrogens is 351 g/mol. The van der Waals surface area contributed by atoms with Gasteiger partial charge in [-0.25, -0.2) is 9.18 Å². The molecular formula is C19H21FN4O3. The number of aromatic nitrogens is 2. The van der Waals surface area contributed by atoms with Gasteiger partial charge in [-0.15, -0.1) is 0 Å². The predicted octanol–water partition coefficient (Wildman–Crippen LogP) is 2.90. The van der Waals surface area contributed by atoms with Gasteiger partial charge in [0.15, 0.2) is 5.82 Å². The Morgan fingerprint density at radius 2 is 1.89 bits per heavy atom. The Hall–Kier alpha value is -2.77. The van der Waals surface area contributed by atoms with Gasteiger partial charge >= 0.3 is 6.03 Å². The first-order valence-electron chi connectivity index (χ1n) is 9.25. The lowest BCUT2D eigenvalue weighted by atomic mass is 9.69. The maximum absolute atomic E-state index is 13.4. The van der Waals surface area contributed by atoms with Crippen LogP contribution >= 0.6 is 0 Å². The van der Waals surface area contributed by atoms with E-state index in [1.54, 1.807) is 12.1 Å². The number of carbonyl (C=O) groups is 2. The Kier molecular flexibility index (Phi) is 4.63. The van der Waals surface area contributed by atoms with Gasteiger partial charge in [0, 0.05) is 13.0 Å². The molecule has 0 bridgehead atoms. The van der Waals surface area contributed by atoms with Gasteiger partial charge in [-0.1, -0.05) is 36.6 Å². The third kappa shape index (κ3) is 3.43. The zero-order valence-corrected chi connectivity index (χ0v) is 14.9. The van der Waals surface area contributed by atoms with E-state index in [0.29, 0.717) is 18.3 Å². The van der Waals surface area contributed by atoms with Crippen LogP contribution in [0.15, 0.2) is 28.8 Å². The third-order valence-electron chi connectivity index (χ3n) is 5.47. The van der Waals surface area contributed by atoms with E-state index in [-0.39, 0.29) is 24.7 Å². The van der Waals surface area contributed by atoms with Gasteiger partial charge in [0.1, 0.15) is 12.4 Å². The first kappa shape index (κ1) is 17.6. The van der Waals surface area contributed by atoms with Gasteiger partial charge in [0.25, 0.3) is 0 Å². The number of hydrogen-bond donors (Lipinski definition) is 1. The molecule has 27 heavy (non-hydrogen) atoms. The lowest BCUT2D eigenvalue weighted by Gasteiger charge is -2.35. The van der Waals surface area contributed by atoms with Gasteiger partial charge in [0.2, 0.25) is 11.8 Å². The maximum atomic E-state index is 13.4. The maximum Gasteiger partial charge on any atom is 0.324 e. The van der Waals surface area contributed by atoms with Crippen molar-refractivity contribution in [2.75, 3.05) is 6.54 Å². The highest BCUT2D eigenvalue weighted by molar-refractivity contribution is 5.96. The molecule has 8 heteroatoms. The van der Waals surface area contributed by atoms with Crippen molar-refractivity contribution in [3.8, 4) is 0 Å². The summed E-state index contributed by atoms with van der Waals surface area (Å²) in [4.78, 5) is 29.2. The normalized spacial score (nSPS) is 19.8. The molecule has 1 N–H and O–H groups in total. The van der Waals surface area contributed by atoms with Crippen molar-refractivity contribution in [2.45, 2.75) is 50.5 Å². The number of halogens is 1. The molecule has 1 aliphatic carbocycles. The molecule has 2 aromatic rings. The van der Waals surface area contributed by atoms with E-state index in [2.05, 4.69) is 15.5 Å². The van der Waals surface area contributed by atoms with Crippen LogP contribution in [0, 0.1) is 5.82 Å². The molecule has 2 heterocycles.